The Labute approximate surface area is 192 Å². The van der Waals surface area contributed by atoms with E-state index in [1.165, 1.54) is 20.1 Å². The number of nitrogens with zero attached hydrogens (tertiary/aromatic N) is 2. The van der Waals surface area contributed by atoms with E-state index in [1.54, 1.807) is 0 Å². The van der Waals surface area contributed by atoms with Crippen molar-refractivity contribution in [2.75, 3.05) is 0 Å². The molecule has 0 aliphatic rings. The Morgan fingerprint density at radius 2 is 1.00 bits per heavy atom. The molecule has 0 bridgehead atoms. The van der Waals surface area contributed by atoms with E-state index in [2.05, 4.69) is 74.5 Å². The van der Waals surface area contributed by atoms with E-state index in [0.717, 1.165) is 34.6 Å². The second kappa shape index (κ2) is 11.2. The summed E-state index contributed by atoms with van der Waals surface area (Å²) in [5.74, 6) is 0. The molecular formula is C26H24N2Se2. The van der Waals surface area contributed by atoms with Gasteiger partial charge in [0.2, 0.25) is 0 Å². The van der Waals surface area contributed by atoms with Crippen molar-refractivity contribution in [2.45, 2.75) is 37.3 Å². The van der Waals surface area contributed by atoms with Crippen LogP contribution in [0.25, 0.3) is 0 Å². The summed E-state index contributed by atoms with van der Waals surface area (Å²) in [4.78, 5) is 0. The monoisotopic (exact) mass is 524 g/mol. The van der Waals surface area contributed by atoms with Gasteiger partial charge in [-0.1, -0.05) is 0 Å². The quantitative estimate of drug-likeness (QED) is 0.425. The Kier molecular flexibility index (Phi) is 8.33. The second-order valence-electron chi connectivity index (χ2n) is 6.84. The van der Waals surface area contributed by atoms with Crippen molar-refractivity contribution in [3.8, 4) is 12.1 Å². The Bertz CT molecular complexity index is 990. The van der Waals surface area contributed by atoms with E-state index in [-0.39, 0.29) is 29.9 Å². The van der Waals surface area contributed by atoms with E-state index in [9.17, 15) is 10.5 Å². The molecule has 0 aliphatic heterocycles. The standard InChI is InChI=1S/C26H24N2Se2/c1-3-21-23(15-27)24(16-28)22(4-2)26(30-18-20-13-9-6-10-14-20)25(21)29-17-19-11-7-5-8-12-19/h5-14H,3-4,17-18H2,1-2H3. The molecule has 3 rings (SSSR count). The van der Waals surface area contributed by atoms with Crippen molar-refractivity contribution >= 4 is 38.8 Å². The molecule has 30 heavy (non-hydrogen) atoms. The Morgan fingerprint density at radius 1 is 0.633 bits per heavy atom. The first kappa shape index (κ1) is 22.4. The second-order valence-corrected chi connectivity index (χ2v) is 11.0. The maximum atomic E-state index is 9.90. The molecule has 0 spiro atoms. The third-order valence-electron chi connectivity index (χ3n) is 4.99. The van der Waals surface area contributed by atoms with Gasteiger partial charge in [0, 0.05) is 0 Å². The average molecular weight is 522 g/mol. The van der Waals surface area contributed by atoms with Crippen LogP contribution in [0, 0.1) is 22.7 Å². The molecule has 0 heterocycles. The van der Waals surface area contributed by atoms with E-state index in [0.29, 0.717) is 11.1 Å². The molecule has 2 nitrogen and oxygen atoms in total. The maximum absolute atomic E-state index is 9.90. The third-order valence-corrected chi connectivity index (χ3v) is 10.8. The van der Waals surface area contributed by atoms with Crippen molar-refractivity contribution in [1.82, 2.24) is 0 Å². The molecule has 0 fully saturated rings. The molecule has 0 aromatic heterocycles. The predicted molar refractivity (Wildman–Crippen MR) is 126 cm³/mol. The summed E-state index contributed by atoms with van der Waals surface area (Å²) >= 11 is 0.452. The summed E-state index contributed by atoms with van der Waals surface area (Å²) < 4.78 is 2.74. The van der Waals surface area contributed by atoms with Crippen molar-refractivity contribution in [2.24, 2.45) is 0 Å². The molecule has 0 radical (unpaired) electrons. The predicted octanol–water partition coefficient (Wildman–Crippen LogP) is 3.61. The molecule has 0 saturated heterocycles. The molecule has 0 aliphatic carbocycles. The summed E-state index contributed by atoms with van der Waals surface area (Å²) in [5, 5.41) is 21.8. The van der Waals surface area contributed by atoms with Crippen LogP contribution < -0.4 is 8.92 Å². The third kappa shape index (κ3) is 5.04. The first-order valence-corrected chi connectivity index (χ1v) is 14.2. The van der Waals surface area contributed by atoms with Crippen molar-refractivity contribution in [1.29, 1.82) is 10.5 Å². The zero-order valence-corrected chi connectivity index (χ0v) is 20.7. The van der Waals surface area contributed by atoms with Gasteiger partial charge in [-0.15, -0.1) is 0 Å². The van der Waals surface area contributed by atoms with E-state index < -0.39 is 0 Å². The molecule has 150 valence electrons. The van der Waals surface area contributed by atoms with Crippen LogP contribution in [0.5, 0.6) is 0 Å². The average Bonchev–Trinajstić information content (AvgIpc) is 2.81. The van der Waals surface area contributed by atoms with Crippen LogP contribution in [0.1, 0.15) is 47.2 Å². The Balaban J connectivity index is 2.09. The van der Waals surface area contributed by atoms with Crippen LogP contribution in [0.2, 0.25) is 0 Å². The van der Waals surface area contributed by atoms with Gasteiger partial charge in [0.05, 0.1) is 0 Å². The van der Waals surface area contributed by atoms with Gasteiger partial charge in [0.1, 0.15) is 0 Å². The number of nitriles is 2. The fraction of sp³-hybridized carbons (Fsp3) is 0.231. The van der Waals surface area contributed by atoms with E-state index >= 15 is 0 Å². The minimum absolute atomic E-state index is 0.226. The molecule has 0 saturated carbocycles. The summed E-state index contributed by atoms with van der Waals surface area (Å²) in [6, 6.07) is 25.9. The van der Waals surface area contributed by atoms with Crippen LogP contribution in [0.4, 0.5) is 0 Å². The Hall–Kier alpha value is -2.32. The SMILES string of the molecule is CCc1c(C#N)c(C#N)c(CC)c([Se]Cc2ccccc2)c1[Se]Cc1ccccc1. The van der Waals surface area contributed by atoms with Gasteiger partial charge in [0.15, 0.2) is 0 Å². The summed E-state index contributed by atoms with van der Waals surface area (Å²) in [6.45, 7) is 4.22. The van der Waals surface area contributed by atoms with E-state index in [4.69, 9.17) is 0 Å². The Morgan fingerprint density at radius 3 is 1.30 bits per heavy atom. The number of rotatable bonds is 8. The molecule has 0 atom stereocenters. The molecule has 0 N–H and O–H groups in total. The van der Waals surface area contributed by atoms with Crippen LogP contribution in [0.15, 0.2) is 60.7 Å². The first-order chi connectivity index (χ1) is 14.7. The van der Waals surface area contributed by atoms with Gasteiger partial charge in [-0.2, -0.15) is 0 Å². The van der Waals surface area contributed by atoms with Crippen LogP contribution in [-0.2, 0) is 23.5 Å². The molecular weight excluding hydrogens is 498 g/mol. The molecule has 0 amide bonds. The summed E-state index contributed by atoms with van der Waals surface area (Å²) in [7, 11) is 0. The molecule has 0 unspecified atom stereocenters. The summed E-state index contributed by atoms with van der Waals surface area (Å²) in [5.41, 5.74) is 6.10. The van der Waals surface area contributed by atoms with Crippen LogP contribution in [-0.4, -0.2) is 29.9 Å². The normalized spacial score (nSPS) is 10.4. The van der Waals surface area contributed by atoms with Crippen LogP contribution in [0.3, 0.4) is 0 Å². The summed E-state index contributed by atoms with van der Waals surface area (Å²) in [6.07, 6.45) is 1.59. The van der Waals surface area contributed by atoms with Gasteiger partial charge < -0.3 is 0 Å². The number of hydrogen-bond acceptors (Lipinski definition) is 2. The fourth-order valence-electron chi connectivity index (χ4n) is 3.49. The fourth-order valence-corrected chi connectivity index (χ4v) is 9.72. The van der Waals surface area contributed by atoms with Gasteiger partial charge in [-0.3, -0.25) is 0 Å². The topological polar surface area (TPSA) is 47.6 Å². The van der Waals surface area contributed by atoms with Crippen molar-refractivity contribution in [3.05, 3.63) is 94.0 Å². The van der Waals surface area contributed by atoms with Crippen molar-refractivity contribution < 1.29 is 0 Å². The van der Waals surface area contributed by atoms with Gasteiger partial charge in [-0.05, 0) is 0 Å². The van der Waals surface area contributed by atoms with E-state index in [1.807, 2.05) is 12.1 Å². The number of hydrogen-bond donors (Lipinski definition) is 0. The van der Waals surface area contributed by atoms with Crippen molar-refractivity contribution in [3.63, 3.8) is 0 Å². The first-order valence-electron chi connectivity index (χ1n) is 10.1. The van der Waals surface area contributed by atoms with Gasteiger partial charge in [-0.25, -0.2) is 0 Å². The van der Waals surface area contributed by atoms with Crippen LogP contribution >= 0.6 is 0 Å². The zero-order valence-electron chi connectivity index (χ0n) is 17.3. The van der Waals surface area contributed by atoms with Gasteiger partial charge >= 0.3 is 193 Å². The number of benzene rings is 3. The molecule has 3 aromatic carbocycles. The zero-order chi connectivity index (χ0) is 21.3. The molecule has 4 heteroatoms. The van der Waals surface area contributed by atoms with Gasteiger partial charge in [0.25, 0.3) is 0 Å². The molecule has 3 aromatic rings. The minimum atomic E-state index is 0.226.